The zero-order valence-electron chi connectivity index (χ0n) is 13.3. The Labute approximate surface area is 152 Å². The van der Waals surface area contributed by atoms with Gasteiger partial charge in [0.1, 0.15) is 17.6 Å². The number of halogens is 1. The first-order valence-electron chi connectivity index (χ1n) is 7.60. The number of methoxy groups -OCH3 is 1. The fourth-order valence-corrected chi connectivity index (χ4v) is 3.15. The zero-order chi connectivity index (χ0) is 17.4. The minimum absolute atomic E-state index is 0.469. The van der Waals surface area contributed by atoms with Gasteiger partial charge in [-0.05, 0) is 36.4 Å². The summed E-state index contributed by atoms with van der Waals surface area (Å²) in [7, 11) is 1.62. The van der Waals surface area contributed by atoms with Crippen LogP contribution in [0.5, 0.6) is 5.75 Å². The van der Waals surface area contributed by atoms with Crippen molar-refractivity contribution in [2.75, 3.05) is 7.11 Å². The third-order valence-corrected chi connectivity index (χ3v) is 4.53. The highest BCUT2D eigenvalue weighted by Gasteiger charge is 2.10. The molecule has 0 aliphatic rings. The number of allylic oxidation sites excluding steroid dienone is 1. The monoisotopic (exact) mass is 392 g/mol. The molecular weight excluding hydrogens is 380 g/mol. The van der Waals surface area contributed by atoms with E-state index in [-0.39, 0.29) is 0 Å². The van der Waals surface area contributed by atoms with Crippen LogP contribution < -0.4 is 4.74 Å². The summed E-state index contributed by atoms with van der Waals surface area (Å²) in [6.07, 6.45) is 3.72. The highest BCUT2D eigenvalue weighted by atomic mass is 79.9. The Hall–Kier alpha value is -3.04. The summed E-state index contributed by atoms with van der Waals surface area (Å²) in [5, 5.41) is 10.6. The fourth-order valence-electron chi connectivity index (χ4n) is 2.79. The van der Waals surface area contributed by atoms with Gasteiger partial charge in [-0.15, -0.1) is 0 Å². The summed E-state index contributed by atoms with van der Waals surface area (Å²) in [5.41, 5.74) is 4.04. The number of nitrogens with zero attached hydrogens (tertiary/aromatic N) is 2. The zero-order valence-corrected chi connectivity index (χ0v) is 14.9. The molecule has 0 fully saturated rings. The molecule has 0 saturated carbocycles. The van der Waals surface area contributed by atoms with Gasteiger partial charge in [0.15, 0.2) is 0 Å². The summed E-state index contributed by atoms with van der Waals surface area (Å²) in [4.78, 5) is 10.9. The maximum absolute atomic E-state index is 9.61. The lowest BCUT2D eigenvalue weighted by Gasteiger charge is -1.97. The SMILES string of the molecule is COc1ccc2nc(/C(C#N)=C\c3c[nH]c4ccc(Br)cc34)[nH]c2c1. The number of hydrogen-bond donors (Lipinski definition) is 2. The highest BCUT2D eigenvalue weighted by molar-refractivity contribution is 9.10. The van der Waals surface area contributed by atoms with Crippen molar-refractivity contribution in [1.82, 2.24) is 15.0 Å². The lowest BCUT2D eigenvalue weighted by Crippen LogP contribution is -1.84. The first kappa shape index (κ1) is 15.5. The van der Waals surface area contributed by atoms with Gasteiger partial charge in [0.25, 0.3) is 0 Å². The van der Waals surface area contributed by atoms with Gasteiger partial charge in [-0.2, -0.15) is 5.26 Å². The van der Waals surface area contributed by atoms with Crippen molar-refractivity contribution in [3.8, 4) is 11.8 Å². The molecule has 0 aliphatic carbocycles. The average molecular weight is 393 g/mol. The number of nitriles is 1. The molecule has 0 radical (unpaired) electrons. The number of ether oxygens (including phenoxy) is 1. The molecule has 4 rings (SSSR count). The normalized spacial score (nSPS) is 11.8. The Bertz CT molecular complexity index is 1160. The summed E-state index contributed by atoms with van der Waals surface area (Å²) in [6.45, 7) is 0. The molecule has 0 amide bonds. The van der Waals surface area contributed by atoms with Crippen LogP contribution in [0, 0.1) is 11.3 Å². The van der Waals surface area contributed by atoms with Crippen LogP contribution in [0.2, 0.25) is 0 Å². The average Bonchev–Trinajstić information content (AvgIpc) is 3.22. The summed E-state index contributed by atoms with van der Waals surface area (Å²) >= 11 is 3.49. The quantitative estimate of drug-likeness (QED) is 0.487. The van der Waals surface area contributed by atoms with E-state index in [9.17, 15) is 5.26 Å². The molecule has 2 heterocycles. The van der Waals surface area contributed by atoms with Crippen molar-refractivity contribution in [3.63, 3.8) is 0 Å². The van der Waals surface area contributed by atoms with E-state index in [2.05, 4.69) is 37.0 Å². The molecule has 2 aromatic heterocycles. The maximum atomic E-state index is 9.61. The van der Waals surface area contributed by atoms with Gasteiger partial charge in [-0.1, -0.05) is 15.9 Å². The Balaban J connectivity index is 1.83. The van der Waals surface area contributed by atoms with Crippen molar-refractivity contribution < 1.29 is 4.74 Å². The van der Waals surface area contributed by atoms with Crippen molar-refractivity contribution in [3.05, 3.63) is 58.5 Å². The third kappa shape index (κ3) is 2.79. The number of imidazole rings is 1. The topological polar surface area (TPSA) is 77.5 Å². The maximum Gasteiger partial charge on any atom is 0.149 e. The largest absolute Gasteiger partial charge is 0.497 e. The van der Waals surface area contributed by atoms with Gasteiger partial charge in [0, 0.05) is 33.2 Å². The van der Waals surface area contributed by atoms with Crippen molar-refractivity contribution >= 4 is 49.5 Å². The smallest absolute Gasteiger partial charge is 0.149 e. The lowest BCUT2D eigenvalue weighted by molar-refractivity contribution is 0.415. The minimum atomic E-state index is 0.469. The number of aromatic amines is 2. The molecule has 4 aromatic rings. The second-order valence-electron chi connectivity index (χ2n) is 5.57. The van der Waals surface area contributed by atoms with E-state index in [1.54, 1.807) is 7.11 Å². The standard InChI is InChI=1S/C19H13BrN4O/c1-25-14-3-5-17-18(8-14)24-19(23-17)11(9-21)6-12-10-22-16-4-2-13(20)7-15(12)16/h2-8,10,22H,1H3,(H,23,24)/b11-6-. The van der Waals surface area contributed by atoms with E-state index in [1.165, 1.54) is 0 Å². The molecule has 2 N–H and O–H groups in total. The molecule has 6 heteroatoms. The van der Waals surface area contributed by atoms with E-state index in [1.807, 2.05) is 48.7 Å². The number of nitrogens with one attached hydrogen (secondary N) is 2. The van der Waals surface area contributed by atoms with Crippen molar-refractivity contribution in [2.24, 2.45) is 0 Å². The molecule has 0 unspecified atom stereocenters. The Morgan fingerprint density at radius 2 is 2.12 bits per heavy atom. The molecule has 2 aromatic carbocycles. The van der Waals surface area contributed by atoms with Gasteiger partial charge in [-0.25, -0.2) is 4.98 Å². The molecule has 5 nitrogen and oxygen atoms in total. The van der Waals surface area contributed by atoms with E-state index >= 15 is 0 Å². The summed E-state index contributed by atoms with van der Waals surface area (Å²) < 4.78 is 6.22. The van der Waals surface area contributed by atoms with Crippen LogP contribution in [-0.2, 0) is 0 Å². The van der Waals surface area contributed by atoms with E-state index in [0.717, 1.165) is 37.7 Å². The first-order chi connectivity index (χ1) is 12.2. The van der Waals surface area contributed by atoms with Crippen LogP contribution in [0.1, 0.15) is 11.4 Å². The lowest BCUT2D eigenvalue weighted by atomic mass is 10.1. The van der Waals surface area contributed by atoms with Crippen LogP contribution in [0.3, 0.4) is 0 Å². The number of fused-ring (bicyclic) bond motifs is 2. The molecule has 122 valence electrons. The van der Waals surface area contributed by atoms with Crippen molar-refractivity contribution in [2.45, 2.75) is 0 Å². The predicted molar refractivity (Wildman–Crippen MR) is 102 cm³/mol. The molecule has 0 aliphatic heterocycles. The van der Waals surface area contributed by atoms with Gasteiger partial charge in [0.2, 0.25) is 0 Å². The number of rotatable bonds is 3. The molecular formula is C19H13BrN4O. The third-order valence-electron chi connectivity index (χ3n) is 4.04. The summed E-state index contributed by atoms with van der Waals surface area (Å²) in [6, 6.07) is 13.8. The Morgan fingerprint density at radius 3 is 2.92 bits per heavy atom. The van der Waals surface area contributed by atoms with Gasteiger partial charge in [0.05, 0.1) is 23.7 Å². The van der Waals surface area contributed by atoms with Gasteiger partial charge >= 0.3 is 0 Å². The first-order valence-corrected chi connectivity index (χ1v) is 8.40. The van der Waals surface area contributed by atoms with E-state index < -0.39 is 0 Å². The molecule has 0 spiro atoms. The van der Waals surface area contributed by atoms with Crippen LogP contribution in [0.25, 0.3) is 33.6 Å². The minimum Gasteiger partial charge on any atom is -0.497 e. The second kappa shape index (κ2) is 6.11. The van der Waals surface area contributed by atoms with Crippen molar-refractivity contribution in [1.29, 1.82) is 5.26 Å². The highest BCUT2D eigenvalue weighted by Crippen LogP contribution is 2.27. The Morgan fingerprint density at radius 1 is 1.24 bits per heavy atom. The second-order valence-corrected chi connectivity index (χ2v) is 6.49. The van der Waals surface area contributed by atoms with Gasteiger partial charge < -0.3 is 14.7 Å². The van der Waals surface area contributed by atoms with Gasteiger partial charge in [-0.3, -0.25) is 0 Å². The summed E-state index contributed by atoms with van der Waals surface area (Å²) in [5.74, 6) is 1.28. The number of H-pyrrole nitrogens is 2. The molecule has 25 heavy (non-hydrogen) atoms. The number of benzene rings is 2. The Kier molecular flexibility index (Phi) is 3.79. The molecule has 0 saturated heterocycles. The molecule has 0 bridgehead atoms. The van der Waals surface area contributed by atoms with Crippen LogP contribution in [-0.4, -0.2) is 22.1 Å². The molecule has 0 atom stereocenters. The number of aromatic nitrogens is 3. The predicted octanol–water partition coefficient (Wildman–Crippen LogP) is 4.88. The van der Waals surface area contributed by atoms with Crippen LogP contribution >= 0.6 is 15.9 Å². The van der Waals surface area contributed by atoms with E-state index in [4.69, 9.17) is 4.74 Å². The van der Waals surface area contributed by atoms with Crippen LogP contribution in [0.4, 0.5) is 0 Å². The van der Waals surface area contributed by atoms with Crippen LogP contribution in [0.15, 0.2) is 47.1 Å². The number of hydrogen-bond acceptors (Lipinski definition) is 3. The fraction of sp³-hybridized carbons (Fsp3) is 0.0526. The van der Waals surface area contributed by atoms with E-state index in [0.29, 0.717) is 11.4 Å².